The summed E-state index contributed by atoms with van der Waals surface area (Å²) in [6, 6.07) is 16.8. The Morgan fingerprint density at radius 2 is 1.54 bits per heavy atom. The minimum atomic E-state index is -0.274. The Kier molecular flexibility index (Phi) is 5.46. The topological polar surface area (TPSA) is 66.5 Å². The molecule has 1 N–H and O–H groups in total. The quantitative estimate of drug-likeness (QED) is 0.781. The van der Waals surface area contributed by atoms with Gasteiger partial charge in [-0.1, -0.05) is 49.4 Å². The van der Waals surface area contributed by atoms with Crippen LogP contribution >= 0.6 is 0 Å². The number of fused-ring (bicyclic) bond motifs is 1. The summed E-state index contributed by atoms with van der Waals surface area (Å²) < 4.78 is 0. The molecule has 134 valence electrons. The zero-order valence-corrected chi connectivity index (χ0v) is 14.8. The van der Waals surface area contributed by atoms with E-state index in [4.69, 9.17) is 0 Å². The summed E-state index contributed by atoms with van der Waals surface area (Å²) in [5.74, 6) is -0.381. The minimum absolute atomic E-state index is 0.0654. The predicted octanol–water partition coefficient (Wildman–Crippen LogP) is 2.98. The van der Waals surface area contributed by atoms with Gasteiger partial charge >= 0.3 is 0 Å². The lowest BCUT2D eigenvalue weighted by atomic mass is 10.0. The van der Waals surface area contributed by atoms with Gasteiger partial charge in [0.25, 0.3) is 11.8 Å². The molecule has 0 spiro atoms. The molecule has 1 aliphatic heterocycles. The highest BCUT2D eigenvalue weighted by atomic mass is 16.2. The molecule has 3 amide bonds. The second kappa shape index (κ2) is 7.95. The largest absolute Gasteiger partial charge is 0.356 e. The van der Waals surface area contributed by atoms with Crippen molar-refractivity contribution in [1.82, 2.24) is 10.2 Å². The van der Waals surface area contributed by atoms with Gasteiger partial charge in [-0.3, -0.25) is 19.3 Å². The fraction of sp³-hybridized carbons (Fsp3) is 0.286. The highest BCUT2D eigenvalue weighted by Gasteiger charge is 2.34. The molecule has 26 heavy (non-hydrogen) atoms. The molecule has 3 rings (SSSR count). The first-order chi connectivity index (χ1) is 12.6. The molecule has 5 nitrogen and oxygen atoms in total. The van der Waals surface area contributed by atoms with Crippen LogP contribution in [0.25, 0.3) is 0 Å². The Morgan fingerprint density at radius 1 is 0.962 bits per heavy atom. The lowest BCUT2D eigenvalue weighted by Gasteiger charge is -2.15. The molecular formula is C21H22N2O3. The smallest absolute Gasteiger partial charge is 0.261 e. The maximum absolute atomic E-state index is 12.3. The fourth-order valence-corrected chi connectivity index (χ4v) is 3.09. The van der Waals surface area contributed by atoms with Gasteiger partial charge in [0.05, 0.1) is 11.1 Å². The highest BCUT2D eigenvalue weighted by molar-refractivity contribution is 6.21. The zero-order chi connectivity index (χ0) is 18.5. The molecule has 0 saturated carbocycles. The molecule has 0 bridgehead atoms. The van der Waals surface area contributed by atoms with Crippen molar-refractivity contribution in [3.63, 3.8) is 0 Å². The average molecular weight is 350 g/mol. The molecule has 1 aliphatic rings. The van der Waals surface area contributed by atoms with Crippen molar-refractivity contribution in [3.8, 4) is 0 Å². The van der Waals surface area contributed by atoms with E-state index in [1.165, 1.54) is 10.5 Å². The Bertz CT molecular complexity index is 782. The van der Waals surface area contributed by atoms with Gasteiger partial charge in [-0.25, -0.2) is 0 Å². The van der Waals surface area contributed by atoms with Crippen molar-refractivity contribution in [3.05, 3.63) is 71.3 Å². The molecule has 1 atom stereocenters. The number of nitrogens with zero attached hydrogens (tertiary/aromatic N) is 1. The number of benzene rings is 2. The van der Waals surface area contributed by atoms with E-state index < -0.39 is 0 Å². The number of imide groups is 1. The monoisotopic (exact) mass is 350 g/mol. The van der Waals surface area contributed by atoms with Crippen LogP contribution in [-0.4, -0.2) is 35.7 Å². The van der Waals surface area contributed by atoms with Gasteiger partial charge in [-0.15, -0.1) is 0 Å². The van der Waals surface area contributed by atoms with Crippen molar-refractivity contribution in [2.45, 2.75) is 25.7 Å². The predicted molar refractivity (Wildman–Crippen MR) is 98.9 cm³/mol. The maximum atomic E-state index is 12.3. The second-order valence-electron chi connectivity index (χ2n) is 6.53. The maximum Gasteiger partial charge on any atom is 0.261 e. The fourth-order valence-electron chi connectivity index (χ4n) is 3.09. The molecule has 0 saturated heterocycles. The Hall–Kier alpha value is -2.95. The van der Waals surface area contributed by atoms with Gasteiger partial charge in [0, 0.05) is 19.5 Å². The molecule has 0 unspecified atom stereocenters. The lowest BCUT2D eigenvalue weighted by Crippen LogP contribution is -2.32. The van der Waals surface area contributed by atoms with Crippen molar-refractivity contribution >= 4 is 17.7 Å². The van der Waals surface area contributed by atoms with Gasteiger partial charge in [-0.2, -0.15) is 0 Å². The van der Waals surface area contributed by atoms with Gasteiger partial charge in [0.1, 0.15) is 0 Å². The highest BCUT2D eigenvalue weighted by Crippen LogP contribution is 2.22. The van der Waals surface area contributed by atoms with Crippen LogP contribution in [-0.2, 0) is 4.79 Å². The molecule has 5 heteroatoms. The van der Waals surface area contributed by atoms with Crippen LogP contribution in [0.4, 0.5) is 0 Å². The van der Waals surface area contributed by atoms with E-state index in [2.05, 4.69) is 12.2 Å². The summed E-state index contributed by atoms with van der Waals surface area (Å²) >= 11 is 0. The molecule has 0 aliphatic carbocycles. The summed E-state index contributed by atoms with van der Waals surface area (Å²) in [4.78, 5) is 37.8. The van der Waals surface area contributed by atoms with Crippen LogP contribution in [0.5, 0.6) is 0 Å². The number of hydrogen-bond acceptors (Lipinski definition) is 3. The lowest BCUT2D eigenvalue weighted by molar-refractivity contribution is -0.121. The Labute approximate surface area is 153 Å². The Balaban J connectivity index is 1.43. The standard InChI is InChI=1S/C21H22N2O3/c1-15(16-8-3-2-4-9-16)14-22-19(24)12-7-13-23-20(25)17-10-5-6-11-18(17)21(23)26/h2-6,8-11,15H,7,12-14H2,1H3,(H,22,24)/t15-/m1/s1. The van der Waals surface area contributed by atoms with E-state index in [1.807, 2.05) is 30.3 Å². The van der Waals surface area contributed by atoms with Crippen molar-refractivity contribution < 1.29 is 14.4 Å². The first-order valence-corrected chi connectivity index (χ1v) is 8.85. The third kappa shape index (κ3) is 3.82. The molecule has 1 heterocycles. The molecule has 0 aromatic heterocycles. The summed E-state index contributed by atoms with van der Waals surface area (Å²) in [7, 11) is 0. The van der Waals surface area contributed by atoms with Crippen LogP contribution < -0.4 is 5.32 Å². The van der Waals surface area contributed by atoms with Crippen LogP contribution in [0.15, 0.2) is 54.6 Å². The van der Waals surface area contributed by atoms with E-state index in [1.54, 1.807) is 24.3 Å². The number of carbonyl (C=O) groups excluding carboxylic acids is 3. The van der Waals surface area contributed by atoms with E-state index >= 15 is 0 Å². The average Bonchev–Trinajstić information content (AvgIpc) is 2.92. The van der Waals surface area contributed by atoms with Crippen LogP contribution in [0, 0.1) is 0 Å². The number of amides is 3. The summed E-state index contributed by atoms with van der Waals surface area (Å²) in [5.41, 5.74) is 2.07. The number of rotatable bonds is 7. The third-order valence-corrected chi connectivity index (χ3v) is 4.64. The molecule has 2 aromatic carbocycles. The van der Waals surface area contributed by atoms with E-state index in [0.717, 1.165) is 0 Å². The number of nitrogens with one attached hydrogen (secondary N) is 1. The molecule has 0 fully saturated rings. The van der Waals surface area contributed by atoms with Crippen LogP contribution in [0.1, 0.15) is 52.0 Å². The van der Waals surface area contributed by atoms with E-state index in [-0.39, 0.29) is 36.6 Å². The van der Waals surface area contributed by atoms with E-state index in [9.17, 15) is 14.4 Å². The van der Waals surface area contributed by atoms with Gasteiger partial charge < -0.3 is 5.32 Å². The molecule has 2 aromatic rings. The normalized spacial score (nSPS) is 14.3. The van der Waals surface area contributed by atoms with Crippen molar-refractivity contribution in [2.24, 2.45) is 0 Å². The van der Waals surface area contributed by atoms with Gasteiger partial charge in [-0.05, 0) is 30.0 Å². The first-order valence-electron chi connectivity index (χ1n) is 8.85. The summed E-state index contributed by atoms with van der Waals surface area (Å²) in [5, 5.41) is 2.92. The second-order valence-corrected chi connectivity index (χ2v) is 6.53. The number of carbonyl (C=O) groups is 3. The summed E-state index contributed by atoms with van der Waals surface area (Å²) in [6.07, 6.45) is 0.742. The zero-order valence-electron chi connectivity index (χ0n) is 14.8. The number of hydrogen-bond donors (Lipinski definition) is 1. The summed E-state index contributed by atoms with van der Waals surface area (Å²) in [6.45, 7) is 2.89. The Morgan fingerprint density at radius 3 is 2.15 bits per heavy atom. The van der Waals surface area contributed by atoms with Crippen LogP contribution in [0.3, 0.4) is 0 Å². The third-order valence-electron chi connectivity index (χ3n) is 4.64. The molecular weight excluding hydrogens is 328 g/mol. The van der Waals surface area contributed by atoms with E-state index in [0.29, 0.717) is 24.1 Å². The van der Waals surface area contributed by atoms with Crippen molar-refractivity contribution in [2.75, 3.05) is 13.1 Å². The first kappa shape index (κ1) is 17.9. The molecule has 0 radical (unpaired) electrons. The van der Waals surface area contributed by atoms with Gasteiger partial charge in [0.2, 0.25) is 5.91 Å². The van der Waals surface area contributed by atoms with Crippen LogP contribution in [0.2, 0.25) is 0 Å². The minimum Gasteiger partial charge on any atom is -0.356 e. The SMILES string of the molecule is C[C@H](CNC(=O)CCCN1C(=O)c2ccccc2C1=O)c1ccccc1. The van der Waals surface area contributed by atoms with Crippen molar-refractivity contribution in [1.29, 1.82) is 0 Å². The van der Waals surface area contributed by atoms with Gasteiger partial charge in [0.15, 0.2) is 0 Å².